The van der Waals surface area contributed by atoms with Crippen LogP contribution in [0, 0.1) is 0 Å². The molecule has 0 aromatic heterocycles. The van der Waals surface area contributed by atoms with E-state index in [0.717, 1.165) is 55.6 Å². The summed E-state index contributed by atoms with van der Waals surface area (Å²) >= 11 is 3.55. The lowest BCUT2D eigenvalue weighted by atomic mass is 9.72. The molecule has 0 saturated carbocycles. The molecule has 1 atom stereocenters. The summed E-state index contributed by atoms with van der Waals surface area (Å²) in [4.78, 5) is 18.8. The maximum absolute atomic E-state index is 14.2. The fraction of sp³-hybridized carbons (Fsp3) is 0.367. The van der Waals surface area contributed by atoms with E-state index in [0.29, 0.717) is 5.92 Å². The number of para-hydroxylation sites is 1. The number of carbonyl (C=O) groups excluding carboxylic acids is 1. The van der Waals surface area contributed by atoms with Crippen molar-refractivity contribution in [2.45, 2.75) is 37.0 Å². The second-order valence-electron chi connectivity index (χ2n) is 9.56. The molecule has 1 unspecified atom stereocenters. The van der Waals surface area contributed by atoms with Gasteiger partial charge in [0.1, 0.15) is 5.41 Å². The molecule has 3 aromatic carbocycles. The summed E-state index contributed by atoms with van der Waals surface area (Å²) in [6.45, 7) is 3.86. The summed E-state index contributed by atoms with van der Waals surface area (Å²) in [5.41, 5.74) is 4.22. The van der Waals surface area contributed by atoms with Crippen LogP contribution in [-0.2, 0) is 10.2 Å². The van der Waals surface area contributed by atoms with Gasteiger partial charge in [-0.05, 0) is 74.0 Å². The van der Waals surface area contributed by atoms with Crippen LogP contribution >= 0.6 is 15.9 Å². The summed E-state index contributed by atoms with van der Waals surface area (Å²) < 4.78 is 0. The molecule has 3 aromatic rings. The van der Waals surface area contributed by atoms with Gasteiger partial charge in [-0.25, -0.2) is 0 Å². The predicted octanol–water partition coefficient (Wildman–Crippen LogP) is 6.37. The number of amides is 1. The van der Waals surface area contributed by atoms with Crippen LogP contribution in [0.1, 0.15) is 48.3 Å². The van der Waals surface area contributed by atoms with Crippen LogP contribution in [0.25, 0.3) is 0 Å². The molecule has 34 heavy (non-hydrogen) atoms. The van der Waals surface area contributed by atoms with Gasteiger partial charge in [0.05, 0.1) is 0 Å². The van der Waals surface area contributed by atoms with Gasteiger partial charge in [-0.1, -0.05) is 94.8 Å². The summed E-state index contributed by atoms with van der Waals surface area (Å²) in [5.74, 6) is 0.883. The number of hydrogen-bond donors (Lipinski definition) is 0. The zero-order valence-corrected chi connectivity index (χ0v) is 21.3. The Balaban J connectivity index is 1.39. The highest BCUT2D eigenvalue weighted by Gasteiger charge is 2.51. The second-order valence-corrected chi connectivity index (χ2v) is 10.4. The molecule has 0 aliphatic carbocycles. The number of piperidine rings is 1. The molecule has 1 fully saturated rings. The molecule has 0 spiro atoms. The van der Waals surface area contributed by atoms with Crippen molar-refractivity contribution >= 4 is 27.5 Å². The Kier molecular flexibility index (Phi) is 7.17. The van der Waals surface area contributed by atoms with E-state index >= 15 is 0 Å². The number of rotatable bonds is 8. The van der Waals surface area contributed by atoms with Crippen molar-refractivity contribution in [1.82, 2.24) is 4.90 Å². The van der Waals surface area contributed by atoms with Crippen LogP contribution in [0.5, 0.6) is 0 Å². The topological polar surface area (TPSA) is 23.6 Å². The number of carbonyl (C=O) groups is 1. The Bertz CT molecular complexity index is 1100. The van der Waals surface area contributed by atoms with Crippen molar-refractivity contribution in [1.29, 1.82) is 0 Å². The number of halogens is 1. The number of fused-ring (bicyclic) bond motifs is 1. The lowest BCUT2D eigenvalue weighted by molar-refractivity contribution is -0.122. The Morgan fingerprint density at radius 1 is 0.824 bits per heavy atom. The third-order valence-electron chi connectivity index (χ3n) is 7.71. The molecule has 2 aliphatic rings. The van der Waals surface area contributed by atoms with Crippen molar-refractivity contribution in [3.05, 3.63) is 102 Å². The molecule has 2 aliphatic heterocycles. The van der Waals surface area contributed by atoms with Gasteiger partial charge in [-0.15, -0.1) is 0 Å². The molecule has 1 amide bonds. The van der Waals surface area contributed by atoms with Crippen LogP contribution in [0.3, 0.4) is 0 Å². The number of benzene rings is 3. The van der Waals surface area contributed by atoms with Gasteiger partial charge in [-0.3, -0.25) is 4.79 Å². The van der Waals surface area contributed by atoms with Gasteiger partial charge >= 0.3 is 0 Å². The summed E-state index contributed by atoms with van der Waals surface area (Å²) in [7, 11) is 0. The maximum atomic E-state index is 14.2. The van der Waals surface area contributed by atoms with E-state index in [1.54, 1.807) is 0 Å². The van der Waals surface area contributed by atoms with E-state index in [4.69, 9.17) is 0 Å². The van der Waals surface area contributed by atoms with Gasteiger partial charge < -0.3 is 9.80 Å². The first-order valence-electron chi connectivity index (χ1n) is 12.5. The van der Waals surface area contributed by atoms with Gasteiger partial charge in [0.2, 0.25) is 5.91 Å². The maximum Gasteiger partial charge on any atom is 0.242 e. The molecule has 0 N–H and O–H groups in total. The zero-order chi connectivity index (χ0) is 23.4. The molecular formula is C30H33BrN2O. The molecular weight excluding hydrogens is 484 g/mol. The van der Waals surface area contributed by atoms with Crippen LogP contribution in [0.2, 0.25) is 0 Å². The molecule has 3 nitrogen and oxygen atoms in total. The number of hydrogen-bond acceptors (Lipinski definition) is 2. The van der Waals surface area contributed by atoms with Gasteiger partial charge in [0.25, 0.3) is 0 Å². The number of likely N-dealkylation sites (tertiary alicyclic amines) is 1. The van der Waals surface area contributed by atoms with Crippen molar-refractivity contribution in [3.63, 3.8) is 0 Å². The average molecular weight is 518 g/mol. The Morgan fingerprint density at radius 3 is 2.18 bits per heavy atom. The molecule has 5 rings (SSSR count). The fourth-order valence-electron chi connectivity index (χ4n) is 5.89. The number of nitrogens with zero attached hydrogens (tertiary/aromatic N) is 2. The largest absolute Gasteiger partial charge is 0.311 e. The molecule has 176 valence electrons. The average Bonchev–Trinajstić information content (AvgIpc) is 3.15. The van der Waals surface area contributed by atoms with Gasteiger partial charge in [0, 0.05) is 17.6 Å². The Hall–Kier alpha value is -2.43. The summed E-state index contributed by atoms with van der Waals surface area (Å²) in [6, 6.07) is 29.8. The van der Waals surface area contributed by atoms with Gasteiger partial charge in [-0.2, -0.15) is 0 Å². The molecule has 1 saturated heterocycles. The first-order chi connectivity index (χ1) is 16.7. The summed E-state index contributed by atoms with van der Waals surface area (Å²) in [6.07, 6.45) is 4.13. The highest BCUT2D eigenvalue weighted by atomic mass is 79.9. The van der Waals surface area contributed by atoms with Crippen molar-refractivity contribution < 1.29 is 4.79 Å². The second kappa shape index (κ2) is 10.5. The third kappa shape index (κ3) is 4.34. The van der Waals surface area contributed by atoms with E-state index in [2.05, 4.69) is 99.7 Å². The predicted molar refractivity (Wildman–Crippen MR) is 144 cm³/mol. The van der Waals surface area contributed by atoms with Crippen LogP contribution in [0.15, 0.2) is 84.9 Å². The standard InChI is InChI=1S/C30H33BrN2O/c31-19-9-20-33-28-15-8-7-14-27(28)30(29(33)34,26-12-5-2-6-13-26)18-23-32-21-16-25(17-22-32)24-10-3-1-4-11-24/h1-8,10-15,25H,9,16-23H2. The first-order valence-corrected chi connectivity index (χ1v) is 13.7. The molecule has 4 heteroatoms. The van der Waals surface area contributed by atoms with E-state index in [9.17, 15) is 4.79 Å². The van der Waals surface area contributed by atoms with E-state index in [1.165, 1.54) is 24.0 Å². The highest BCUT2D eigenvalue weighted by Crippen LogP contribution is 2.48. The minimum atomic E-state index is -0.611. The molecule has 0 radical (unpaired) electrons. The Labute approximate surface area is 211 Å². The highest BCUT2D eigenvalue weighted by molar-refractivity contribution is 9.09. The lowest BCUT2D eigenvalue weighted by Crippen LogP contribution is -2.45. The first kappa shape index (κ1) is 23.3. The monoisotopic (exact) mass is 516 g/mol. The normalized spacial score (nSPS) is 21.1. The van der Waals surface area contributed by atoms with Crippen molar-refractivity contribution in [2.24, 2.45) is 0 Å². The lowest BCUT2D eigenvalue weighted by Gasteiger charge is -2.36. The van der Waals surface area contributed by atoms with E-state index in [1.807, 2.05) is 11.0 Å². The van der Waals surface area contributed by atoms with E-state index in [-0.39, 0.29) is 5.91 Å². The molecule has 0 bridgehead atoms. The Morgan fingerprint density at radius 2 is 1.47 bits per heavy atom. The zero-order valence-electron chi connectivity index (χ0n) is 19.7. The van der Waals surface area contributed by atoms with Crippen LogP contribution in [0.4, 0.5) is 5.69 Å². The third-order valence-corrected chi connectivity index (χ3v) is 8.27. The van der Waals surface area contributed by atoms with Gasteiger partial charge in [0.15, 0.2) is 0 Å². The van der Waals surface area contributed by atoms with Crippen molar-refractivity contribution in [2.75, 3.05) is 36.4 Å². The number of alkyl halides is 1. The van der Waals surface area contributed by atoms with Crippen LogP contribution in [-0.4, -0.2) is 42.3 Å². The fourth-order valence-corrected chi connectivity index (χ4v) is 6.14. The SMILES string of the molecule is O=C1N(CCCBr)c2ccccc2C1(CCN1CCC(c2ccccc2)CC1)c1ccccc1. The quantitative estimate of drug-likeness (QED) is 0.324. The number of anilines is 1. The smallest absolute Gasteiger partial charge is 0.242 e. The van der Waals surface area contributed by atoms with Crippen molar-refractivity contribution in [3.8, 4) is 0 Å². The van der Waals surface area contributed by atoms with E-state index < -0.39 is 5.41 Å². The minimum Gasteiger partial charge on any atom is -0.311 e. The van der Waals surface area contributed by atoms with Crippen LogP contribution < -0.4 is 4.90 Å². The molecule has 2 heterocycles. The minimum absolute atomic E-state index is 0.236. The summed E-state index contributed by atoms with van der Waals surface area (Å²) in [5, 5.41) is 0.896.